The van der Waals surface area contributed by atoms with E-state index in [2.05, 4.69) is 21.9 Å². The highest BCUT2D eigenvalue weighted by atomic mass is 15.3. The molecule has 1 unspecified atom stereocenters. The van der Waals surface area contributed by atoms with Gasteiger partial charge in [0, 0.05) is 30.2 Å². The van der Waals surface area contributed by atoms with Crippen LogP contribution in [0.1, 0.15) is 19.3 Å². The summed E-state index contributed by atoms with van der Waals surface area (Å²) in [5.74, 6) is 1.11. The highest BCUT2D eigenvalue weighted by Crippen LogP contribution is 2.26. The van der Waals surface area contributed by atoms with Gasteiger partial charge in [0.25, 0.3) is 0 Å². The molecule has 0 aliphatic carbocycles. The summed E-state index contributed by atoms with van der Waals surface area (Å²) >= 11 is 0. The molecule has 4 rings (SSSR count). The van der Waals surface area contributed by atoms with Gasteiger partial charge in [-0.2, -0.15) is 0 Å². The van der Waals surface area contributed by atoms with Gasteiger partial charge >= 0.3 is 0 Å². The van der Waals surface area contributed by atoms with E-state index in [9.17, 15) is 0 Å². The summed E-state index contributed by atoms with van der Waals surface area (Å²) in [7, 11) is 0. The van der Waals surface area contributed by atoms with E-state index in [0.29, 0.717) is 0 Å². The van der Waals surface area contributed by atoms with Gasteiger partial charge in [0.15, 0.2) is 0 Å². The summed E-state index contributed by atoms with van der Waals surface area (Å²) in [5.41, 5.74) is 7.66. The van der Waals surface area contributed by atoms with Gasteiger partial charge in [0.2, 0.25) is 0 Å². The van der Waals surface area contributed by atoms with Crippen LogP contribution in [-0.2, 0) is 0 Å². The zero-order valence-corrected chi connectivity index (χ0v) is 12.3. The monoisotopic (exact) mass is 282 g/mol. The summed E-state index contributed by atoms with van der Waals surface area (Å²) < 4.78 is 0. The predicted octanol–water partition coefficient (Wildman–Crippen LogP) is 2.49. The van der Waals surface area contributed by atoms with Crippen molar-refractivity contribution in [3.8, 4) is 0 Å². The number of nitrogen functional groups attached to an aromatic ring is 1. The average molecular weight is 282 g/mol. The normalized spacial score (nSPS) is 23.2. The van der Waals surface area contributed by atoms with Crippen LogP contribution < -0.4 is 10.6 Å². The molecular formula is C17H22N4. The molecule has 2 aliphatic rings. The molecular weight excluding hydrogens is 260 g/mol. The third kappa shape index (κ3) is 2.44. The van der Waals surface area contributed by atoms with Gasteiger partial charge in [-0.3, -0.25) is 4.90 Å². The van der Waals surface area contributed by atoms with Crippen LogP contribution in [0.4, 0.5) is 11.5 Å². The van der Waals surface area contributed by atoms with Crippen molar-refractivity contribution in [3.05, 3.63) is 30.3 Å². The van der Waals surface area contributed by atoms with E-state index in [-0.39, 0.29) is 0 Å². The van der Waals surface area contributed by atoms with Gasteiger partial charge in [-0.25, -0.2) is 4.98 Å². The minimum absolute atomic E-state index is 0.719. The van der Waals surface area contributed by atoms with E-state index in [1.807, 2.05) is 18.2 Å². The lowest BCUT2D eigenvalue weighted by molar-refractivity contribution is 0.260. The quantitative estimate of drug-likeness (QED) is 0.860. The van der Waals surface area contributed by atoms with Crippen LogP contribution in [0.25, 0.3) is 10.9 Å². The molecule has 2 aromatic rings. The van der Waals surface area contributed by atoms with Crippen molar-refractivity contribution >= 4 is 22.4 Å². The van der Waals surface area contributed by atoms with Crippen LogP contribution in [-0.4, -0.2) is 42.1 Å². The van der Waals surface area contributed by atoms with Gasteiger partial charge < -0.3 is 10.6 Å². The zero-order chi connectivity index (χ0) is 14.2. The fourth-order valence-electron chi connectivity index (χ4n) is 3.66. The lowest BCUT2D eigenvalue weighted by atomic mass is 10.2. The molecule has 1 aromatic heterocycles. The number of hydrogen-bond acceptors (Lipinski definition) is 4. The van der Waals surface area contributed by atoms with E-state index >= 15 is 0 Å². The Labute approximate surface area is 125 Å². The van der Waals surface area contributed by atoms with Gasteiger partial charge in [0.1, 0.15) is 5.82 Å². The maximum Gasteiger partial charge on any atom is 0.129 e. The maximum absolute atomic E-state index is 5.83. The fraction of sp³-hybridized carbons (Fsp3) is 0.471. The zero-order valence-electron chi connectivity index (χ0n) is 12.3. The van der Waals surface area contributed by atoms with E-state index in [1.54, 1.807) is 0 Å². The number of nitrogens with zero attached hydrogens (tertiary/aromatic N) is 3. The molecule has 3 heterocycles. The van der Waals surface area contributed by atoms with Gasteiger partial charge in [-0.1, -0.05) is 0 Å². The van der Waals surface area contributed by atoms with Crippen LogP contribution in [0.2, 0.25) is 0 Å². The first-order valence-corrected chi connectivity index (χ1v) is 7.95. The number of likely N-dealkylation sites (tertiary alicyclic amines) is 1. The minimum Gasteiger partial charge on any atom is -0.399 e. The summed E-state index contributed by atoms with van der Waals surface area (Å²) in [6.45, 7) is 4.80. The minimum atomic E-state index is 0.719. The molecule has 110 valence electrons. The molecule has 0 spiro atoms. The number of rotatable bonds is 2. The molecule has 1 aromatic carbocycles. The largest absolute Gasteiger partial charge is 0.399 e. The van der Waals surface area contributed by atoms with Crippen molar-refractivity contribution < 1.29 is 0 Å². The Morgan fingerprint density at radius 1 is 1.05 bits per heavy atom. The number of fused-ring (bicyclic) bond motifs is 1. The van der Waals surface area contributed by atoms with E-state index in [4.69, 9.17) is 10.7 Å². The second-order valence-electron chi connectivity index (χ2n) is 6.25. The molecule has 0 bridgehead atoms. The lowest BCUT2D eigenvalue weighted by Crippen LogP contribution is -2.35. The number of benzene rings is 1. The molecule has 4 nitrogen and oxygen atoms in total. The Bertz CT molecular complexity index is 648. The molecule has 0 radical (unpaired) electrons. The Balaban J connectivity index is 1.55. The van der Waals surface area contributed by atoms with E-state index in [1.165, 1.54) is 32.4 Å². The Hall–Kier alpha value is -1.81. The summed E-state index contributed by atoms with van der Waals surface area (Å²) in [4.78, 5) is 9.90. The van der Waals surface area contributed by atoms with Crippen molar-refractivity contribution in [2.24, 2.45) is 0 Å². The standard InChI is InChI=1S/C17H22N4/c18-14-4-5-16-13(11-14)3-6-17(19-16)21-10-7-15(12-21)20-8-1-2-9-20/h3-6,11,15H,1-2,7-10,12,18H2. The fourth-order valence-corrected chi connectivity index (χ4v) is 3.66. The smallest absolute Gasteiger partial charge is 0.129 e. The van der Waals surface area contributed by atoms with Crippen LogP contribution >= 0.6 is 0 Å². The number of nitrogens with two attached hydrogens (primary N) is 1. The number of hydrogen-bond donors (Lipinski definition) is 1. The number of aromatic nitrogens is 1. The first-order chi connectivity index (χ1) is 10.3. The first kappa shape index (κ1) is 12.9. The van der Waals surface area contributed by atoms with Crippen molar-refractivity contribution in [2.45, 2.75) is 25.3 Å². The SMILES string of the molecule is Nc1ccc2nc(N3CCC(N4CCCC4)C3)ccc2c1. The molecule has 0 saturated carbocycles. The van der Waals surface area contributed by atoms with Gasteiger partial charge in [-0.05, 0) is 62.7 Å². The maximum atomic E-state index is 5.83. The van der Waals surface area contributed by atoms with Gasteiger partial charge in [0.05, 0.1) is 5.52 Å². The second-order valence-corrected chi connectivity index (χ2v) is 6.25. The van der Waals surface area contributed by atoms with Crippen LogP contribution in [0.15, 0.2) is 30.3 Å². The lowest BCUT2D eigenvalue weighted by Gasteiger charge is -2.24. The number of pyridine rings is 1. The van der Waals surface area contributed by atoms with E-state index in [0.717, 1.165) is 41.5 Å². The summed E-state index contributed by atoms with van der Waals surface area (Å²) in [5, 5.41) is 1.12. The second kappa shape index (κ2) is 5.19. The topological polar surface area (TPSA) is 45.4 Å². The Morgan fingerprint density at radius 3 is 2.76 bits per heavy atom. The van der Waals surface area contributed by atoms with Crippen molar-refractivity contribution in [1.82, 2.24) is 9.88 Å². The third-order valence-corrected chi connectivity index (χ3v) is 4.84. The molecule has 4 heteroatoms. The molecule has 2 fully saturated rings. The molecule has 2 saturated heterocycles. The number of anilines is 2. The van der Waals surface area contributed by atoms with Crippen molar-refractivity contribution in [2.75, 3.05) is 36.8 Å². The van der Waals surface area contributed by atoms with E-state index < -0.39 is 0 Å². The van der Waals surface area contributed by atoms with Crippen molar-refractivity contribution in [3.63, 3.8) is 0 Å². The first-order valence-electron chi connectivity index (χ1n) is 7.95. The predicted molar refractivity (Wildman–Crippen MR) is 87.6 cm³/mol. The molecule has 21 heavy (non-hydrogen) atoms. The Kier molecular flexibility index (Phi) is 3.19. The third-order valence-electron chi connectivity index (χ3n) is 4.84. The van der Waals surface area contributed by atoms with Crippen LogP contribution in [0, 0.1) is 0 Å². The van der Waals surface area contributed by atoms with Crippen molar-refractivity contribution in [1.29, 1.82) is 0 Å². The molecule has 1 atom stereocenters. The summed E-state index contributed by atoms with van der Waals surface area (Å²) in [6.07, 6.45) is 4.00. The average Bonchev–Trinajstić information content (AvgIpc) is 3.17. The Morgan fingerprint density at radius 2 is 1.90 bits per heavy atom. The molecule has 0 amide bonds. The van der Waals surface area contributed by atoms with Crippen LogP contribution in [0.5, 0.6) is 0 Å². The van der Waals surface area contributed by atoms with Crippen LogP contribution in [0.3, 0.4) is 0 Å². The highest BCUT2D eigenvalue weighted by Gasteiger charge is 2.29. The summed E-state index contributed by atoms with van der Waals surface area (Å²) in [6, 6.07) is 10.9. The van der Waals surface area contributed by atoms with Gasteiger partial charge in [-0.15, -0.1) is 0 Å². The molecule has 2 aliphatic heterocycles. The molecule has 2 N–H and O–H groups in total. The highest BCUT2D eigenvalue weighted by molar-refractivity contribution is 5.83.